The minimum atomic E-state index is -0.893. The van der Waals surface area contributed by atoms with Crippen LogP contribution in [-0.2, 0) is 4.79 Å². The molecule has 2 heterocycles. The standard InChI is InChI=1S/C16H21N5O3/c1-15(2)9-20(10-16(15,3)23)14(22)8-24-13-6-4-12(5-7-13)21-11-17-18-19-21/h4-7,11,23H,8-10H2,1-3H3/t16-/m1/s1. The molecule has 3 rings (SSSR count). The number of likely N-dealkylation sites (tertiary alicyclic amines) is 1. The van der Waals surface area contributed by atoms with Crippen molar-refractivity contribution >= 4 is 5.91 Å². The van der Waals surface area contributed by atoms with Gasteiger partial charge in [-0.15, -0.1) is 5.10 Å². The second-order valence-electron chi connectivity index (χ2n) is 6.94. The Morgan fingerprint density at radius 1 is 1.25 bits per heavy atom. The van der Waals surface area contributed by atoms with Gasteiger partial charge in [-0.3, -0.25) is 4.79 Å². The van der Waals surface area contributed by atoms with E-state index in [-0.39, 0.29) is 17.9 Å². The maximum absolute atomic E-state index is 12.3. The number of amides is 1. The minimum Gasteiger partial charge on any atom is -0.484 e. The van der Waals surface area contributed by atoms with Gasteiger partial charge in [0.05, 0.1) is 11.3 Å². The van der Waals surface area contributed by atoms with Gasteiger partial charge in [0.1, 0.15) is 12.1 Å². The average molecular weight is 331 g/mol. The molecule has 128 valence electrons. The molecule has 1 aliphatic heterocycles. The normalized spacial score (nSPS) is 22.6. The first-order valence-corrected chi connectivity index (χ1v) is 7.75. The quantitative estimate of drug-likeness (QED) is 0.885. The molecule has 24 heavy (non-hydrogen) atoms. The number of aliphatic hydroxyl groups is 1. The SMILES string of the molecule is CC1(C)CN(C(=O)COc2ccc(-n3cnnn3)cc2)C[C@@]1(C)O. The molecular formula is C16H21N5O3. The lowest BCUT2D eigenvalue weighted by Crippen LogP contribution is -2.40. The molecule has 2 aromatic rings. The Labute approximate surface area is 140 Å². The maximum Gasteiger partial charge on any atom is 0.260 e. The number of carbonyl (C=O) groups excluding carboxylic acids is 1. The first kappa shape index (κ1) is 16.4. The highest BCUT2D eigenvalue weighted by molar-refractivity contribution is 5.78. The van der Waals surface area contributed by atoms with Crippen LogP contribution in [0.5, 0.6) is 5.75 Å². The first-order valence-electron chi connectivity index (χ1n) is 7.75. The number of rotatable bonds is 4. The largest absolute Gasteiger partial charge is 0.484 e. The molecule has 8 heteroatoms. The second-order valence-corrected chi connectivity index (χ2v) is 6.94. The van der Waals surface area contributed by atoms with E-state index in [1.54, 1.807) is 36.1 Å². The maximum atomic E-state index is 12.3. The average Bonchev–Trinajstić information content (AvgIpc) is 3.12. The molecule has 1 saturated heterocycles. The van der Waals surface area contributed by atoms with E-state index in [2.05, 4.69) is 15.5 Å². The molecule has 0 aliphatic carbocycles. The third kappa shape index (κ3) is 3.09. The highest BCUT2D eigenvalue weighted by Crippen LogP contribution is 2.38. The van der Waals surface area contributed by atoms with Crippen LogP contribution in [0.2, 0.25) is 0 Å². The third-order valence-corrected chi connectivity index (χ3v) is 4.71. The van der Waals surface area contributed by atoms with Gasteiger partial charge < -0.3 is 14.7 Å². The molecule has 1 aromatic carbocycles. The van der Waals surface area contributed by atoms with Crippen LogP contribution in [0.3, 0.4) is 0 Å². The van der Waals surface area contributed by atoms with Gasteiger partial charge in [-0.2, -0.15) is 0 Å². The van der Waals surface area contributed by atoms with Gasteiger partial charge in [0.25, 0.3) is 5.91 Å². The predicted octanol–water partition coefficient (Wildman–Crippen LogP) is 0.660. The highest BCUT2D eigenvalue weighted by Gasteiger charge is 2.49. The van der Waals surface area contributed by atoms with E-state index in [4.69, 9.17) is 4.74 Å². The van der Waals surface area contributed by atoms with Crippen LogP contribution < -0.4 is 4.74 Å². The Balaban J connectivity index is 1.57. The number of aromatic nitrogens is 4. The van der Waals surface area contributed by atoms with Gasteiger partial charge in [0.2, 0.25) is 0 Å². The molecule has 8 nitrogen and oxygen atoms in total. The number of β-amino-alcohol motifs (C(OH)–C–C–N with tert-alkyl or cyclic N) is 1. The van der Waals surface area contributed by atoms with Crippen LogP contribution in [0.15, 0.2) is 30.6 Å². The van der Waals surface area contributed by atoms with Crippen molar-refractivity contribution in [1.29, 1.82) is 0 Å². The molecule has 0 radical (unpaired) electrons. The highest BCUT2D eigenvalue weighted by atomic mass is 16.5. The smallest absolute Gasteiger partial charge is 0.260 e. The van der Waals surface area contributed by atoms with Crippen LogP contribution in [0, 0.1) is 5.41 Å². The fourth-order valence-corrected chi connectivity index (χ4v) is 2.68. The summed E-state index contributed by atoms with van der Waals surface area (Å²) in [7, 11) is 0. The summed E-state index contributed by atoms with van der Waals surface area (Å²) in [5.41, 5.74) is -0.428. The lowest BCUT2D eigenvalue weighted by molar-refractivity contribution is -0.133. The molecule has 1 amide bonds. The fraction of sp³-hybridized carbons (Fsp3) is 0.500. The van der Waals surface area contributed by atoms with Crippen LogP contribution in [0.1, 0.15) is 20.8 Å². The van der Waals surface area contributed by atoms with Crippen LogP contribution >= 0.6 is 0 Å². The number of benzene rings is 1. The Hall–Kier alpha value is -2.48. The summed E-state index contributed by atoms with van der Waals surface area (Å²) in [6, 6.07) is 7.13. The molecule has 1 aliphatic rings. The molecular weight excluding hydrogens is 310 g/mol. The zero-order chi connectivity index (χ0) is 17.4. The van der Waals surface area contributed by atoms with E-state index in [1.165, 1.54) is 11.0 Å². The van der Waals surface area contributed by atoms with Crippen LogP contribution in [-0.4, -0.2) is 61.4 Å². The van der Waals surface area contributed by atoms with Crippen molar-refractivity contribution in [2.45, 2.75) is 26.4 Å². The van der Waals surface area contributed by atoms with E-state index < -0.39 is 5.60 Å². The van der Waals surface area contributed by atoms with Crippen molar-refractivity contribution in [2.75, 3.05) is 19.7 Å². The molecule has 0 spiro atoms. The molecule has 1 N–H and O–H groups in total. The van der Waals surface area contributed by atoms with Gasteiger partial charge >= 0.3 is 0 Å². The molecule has 0 unspecified atom stereocenters. The van der Waals surface area contributed by atoms with E-state index in [0.717, 1.165) is 5.69 Å². The Morgan fingerprint density at radius 3 is 2.50 bits per heavy atom. The fourth-order valence-electron chi connectivity index (χ4n) is 2.68. The summed E-state index contributed by atoms with van der Waals surface area (Å²) in [6.07, 6.45) is 1.50. The first-order chi connectivity index (χ1) is 11.3. The minimum absolute atomic E-state index is 0.0591. The van der Waals surface area contributed by atoms with E-state index in [0.29, 0.717) is 18.8 Å². The molecule has 1 atom stereocenters. The van der Waals surface area contributed by atoms with Gasteiger partial charge in [-0.1, -0.05) is 13.8 Å². The number of carbonyl (C=O) groups is 1. The van der Waals surface area contributed by atoms with Crippen LogP contribution in [0.25, 0.3) is 5.69 Å². The molecule has 0 saturated carbocycles. The summed E-state index contributed by atoms with van der Waals surface area (Å²) < 4.78 is 7.09. The van der Waals surface area contributed by atoms with Crippen molar-refractivity contribution in [3.05, 3.63) is 30.6 Å². The summed E-state index contributed by atoms with van der Waals surface area (Å²) in [4.78, 5) is 14.0. The van der Waals surface area contributed by atoms with Crippen molar-refractivity contribution in [2.24, 2.45) is 5.41 Å². The van der Waals surface area contributed by atoms with Crippen molar-refractivity contribution in [3.63, 3.8) is 0 Å². The van der Waals surface area contributed by atoms with E-state index in [1.807, 2.05) is 13.8 Å². The van der Waals surface area contributed by atoms with E-state index >= 15 is 0 Å². The Kier molecular flexibility index (Phi) is 4.00. The number of hydrogen-bond donors (Lipinski definition) is 1. The lowest BCUT2D eigenvalue weighted by Gasteiger charge is -2.30. The molecule has 1 aromatic heterocycles. The Bertz CT molecular complexity index is 694. The van der Waals surface area contributed by atoms with Gasteiger partial charge in [0, 0.05) is 18.5 Å². The van der Waals surface area contributed by atoms with Gasteiger partial charge in [0.15, 0.2) is 6.61 Å². The van der Waals surface area contributed by atoms with Gasteiger partial charge in [-0.25, -0.2) is 4.68 Å². The zero-order valence-corrected chi connectivity index (χ0v) is 14.0. The Morgan fingerprint density at radius 2 is 1.96 bits per heavy atom. The summed E-state index contributed by atoms with van der Waals surface area (Å²) in [6.45, 7) is 6.45. The monoisotopic (exact) mass is 331 g/mol. The predicted molar refractivity (Wildman–Crippen MR) is 85.6 cm³/mol. The second kappa shape index (κ2) is 5.86. The van der Waals surface area contributed by atoms with Crippen molar-refractivity contribution in [1.82, 2.24) is 25.1 Å². The summed E-state index contributed by atoms with van der Waals surface area (Å²) in [5, 5.41) is 21.4. The molecule has 0 bridgehead atoms. The van der Waals surface area contributed by atoms with Crippen molar-refractivity contribution < 1.29 is 14.6 Å². The van der Waals surface area contributed by atoms with Crippen molar-refractivity contribution in [3.8, 4) is 11.4 Å². The number of nitrogens with zero attached hydrogens (tertiary/aromatic N) is 5. The lowest BCUT2D eigenvalue weighted by atomic mass is 9.79. The summed E-state index contributed by atoms with van der Waals surface area (Å²) in [5.74, 6) is 0.454. The van der Waals surface area contributed by atoms with E-state index in [9.17, 15) is 9.90 Å². The number of hydrogen-bond acceptors (Lipinski definition) is 6. The zero-order valence-electron chi connectivity index (χ0n) is 14.0. The van der Waals surface area contributed by atoms with Gasteiger partial charge in [-0.05, 0) is 41.6 Å². The number of tetrazole rings is 1. The summed E-state index contributed by atoms with van der Waals surface area (Å²) >= 11 is 0. The van der Waals surface area contributed by atoms with Crippen LogP contribution in [0.4, 0.5) is 0 Å². The number of ether oxygens (including phenoxy) is 1. The molecule has 1 fully saturated rings. The third-order valence-electron chi connectivity index (χ3n) is 4.71. The topological polar surface area (TPSA) is 93.4 Å².